The fraction of sp³-hybridized carbons (Fsp3) is 0.357. The highest BCUT2D eigenvalue weighted by Crippen LogP contribution is 2.17. The van der Waals surface area contributed by atoms with Gasteiger partial charge in [-0.05, 0) is 31.5 Å². The Balaban J connectivity index is 2.02. The number of pyridine rings is 1. The molecular formula is C14H18N4O2. The third-order valence-corrected chi connectivity index (χ3v) is 3.05. The van der Waals surface area contributed by atoms with Crippen LogP contribution in [0.25, 0.3) is 0 Å². The molecule has 0 aliphatic rings. The fourth-order valence-electron chi connectivity index (χ4n) is 2.01. The average Bonchev–Trinajstić information content (AvgIpc) is 2.91. The van der Waals surface area contributed by atoms with Gasteiger partial charge in [0.25, 0.3) is 0 Å². The van der Waals surface area contributed by atoms with Crippen LogP contribution >= 0.6 is 0 Å². The molecule has 2 rings (SSSR count). The van der Waals surface area contributed by atoms with Crippen LogP contribution in [0.3, 0.4) is 0 Å². The van der Waals surface area contributed by atoms with Gasteiger partial charge in [-0.3, -0.25) is 4.68 Å². The SMILES string of the molecule is Cc1ccc(C(=O)O)c(N(C)CCCn2cccn2)n1. The zero-order valence-electron chi connectivity index (χ0n) is 11.7. The smallest absolute Gasteiger partial charge is 0.339 e. The van der Waals surface area contributed by atoms with E-state index in [2.05, 4.69) is 10.1 Å². The normalized spacial score (nSPS) is 10.5. The molecule has 0 aliphatic heterocycles. The van der Waals surface area contributed by atoms with Gasteiger partial charge >= 0.3 is 5.97 Å². The predicted octanol–water partition coefficient (Wildman–Crippen LogP) is 1.81. The van der Waals surface area contributed by atoms with Crippen LogP contribution in [0.5, 0.6) is 0 Å². The van der Waals surface area contributed by atoms with E-state index in [4.69, 9.17) is 0 Å². The van der Waals surface area contributed by atoms with Gasteiger partial charge in [0.2, 0.25) is 0 Å². The van der Waals surface area contributed by atoms with Crippen LogP contribution in [0, 0.1) is 6.92 Å². The number of carboxylic acids is 1. The number of hydrogen-bond donors (Lipinski definition) is 1. The molecule has 0 aliphatic carbocycles. The topological polar surface area (TPSA) is 71.2 Å². The monoisotopic (exact) mass is 274 g/mol. The maximum atomic E-state index is 11.2. The van der Waals surface area contributed by atoms with Crippen molar-refractivity contribution in [2.75, 3.05) is 18.5 Å². The van der Waals surface area contributed by atoms with Crippen molar-refractivity contribution >= 4 is 11.8 Å². The van der Waals surface area contributed by atoms with Crippen LogP contribution in [-0.4, -0.2) is 39.4 Å². The second-order valence-electron chi connectivity index (χ2n) is 4.67. The quantitative estimate of drug-likeness (QED) is 0.869. The number of carboxylic acid groups (broad SMARTS) is 1. The molecule has 0 saturated carbocycles. The molecule has 1 N–H and O–H groups in total. The second-order valence-corrected chi connectivity index (χ2v) is 4.67. The van der Waals surface area contributed by atoms with Crippen LogP contribution in [0.15, 0.2) is 30.6 Å². The van der Waals surface area contributed by atoms with E-state index >= 15 is 0 Å². The number of hydrogen-bond acceptors (Lipinski definition) is 4. The molecular weight excluding hydrogens is 256 g/mol. The Bertz CT molecular complexity index is 581. The van der Waals surface area contributed by atoms with Crippen LogP contribution in [0.2, 0.25) is 0 Å². The van der Waals surface area contributed by atoms with Crippen LogP contribution < -0.4 is 4.90 Å². The summed E-state index contributed by atoms with van der Waals surface area (Å²) in [4.78, 5) is 17.4. The van der Waals surface area contributed by atoms with Crippen LogP contribution in [-0.2, 0) is 6.54 Å². The summed E-state index contributed by atoms with van der Waals surface area (Å²) in [7, 11) is 1.86. The van der Waals surface area contributed by atoms with E-state index in [0.717, 1.165) is 25.2 Å². The summed E-state index contributed by atoms with van der Waals surface area (Å²) in [5.41, 5.74) is 1.04. The van der Waals surface area contributed by atoms with Gasteiger partial charge in [-0.25, -0.2) is 9.78 Å². The third kappa shape index (κ3) is 3.34. The maximum Gasteiger partial charge on any atom is 0.339 e. The number of anilines is 1. The molecule has 2 heterocycles. The summed E-state index contributed by atoms with van der Waals surface area (Å²) in [6.07, 6.45) is 4.52. The lowest BCUT2D eigenvalue weighted by atomic mass is 10.2. The summed E-state index contributed by atoms with van der Waals surface area (Å²) >= 11 is 0. The minimum Gasteiger partial charge on any atom is -0.478 e. The summed E-state index contributed by atoms with van der Waals surface area (Å²) in [6, 6.07) is 5.20. The highest BCUT2D eigenvalue weighted by atomic mass is 16.4. The molecule has 0 saturated heterocycles. The molecule has 6 heteroatoms. The first-order valence-electron chi connectivity index (χ1n) is 6.47. The highest BCUT2D eigenvalue weighted by Gasteiger charge is 2.15. The minimum atomic E-state index is -0.952. The Labute approximate surface area is 117 Å². The minimum absolute atomic E-state index is 0.234. The molecule has 0 fully saturated rings. The van der Waals surface area contributed by atoms with Gasteiger partial charge in [-0.1, -0.05) is 0 Å². The Morgan fingerprint density at radius 2 is 2.25 bits per heavy atom. The molecule has 0 radical (unpaired) electrons. The molecule has 20 heavy (non-hydrogen) atoms. The van der Waals surface area contributed by atoms with Crippen molar-refractivity contribution in [3.05, 3.63) is 41.9 Å². The molecule has 2 aromatic heterocycles. The van der Waals surface area contributed by atoms with E-state index in [1.165, 1.54) is 0 Å². The van der Waals surface area contributed by atoms with Crippen molar-refractivity contribution < 1.29 is 9.90 Å². The molecule has 0 spiro atoms. The molecule has 6 nitrogen and oxygen atoms in total. The first-order valence-corrected chi connectivity index (χ1v) is 6.47. The van der Waals surface area contributed by atoms with Crippen molar-refractivity contribution in [2.24, 2.45) is 0 Å². The number of carbonyl (C=O) groups is 1. The molecule has 2 aromatic rings. The van der Waals surface area contributed by atoms with Gasteiger partial charge in [0, 0.05) is 38.2 Å². The van der Waals surface area contributed by atoms with Gasteiger partial charge in [-0.15, -0.1) is 0 Å². The van der Waals surface area contributed by atoms with Crippen molar-refractivity contribution in [3.8, 4) is 0 Å². The maximum absolute atomic E-state index is 11.2. The lowest BCUT2D eigenvalue weighted by Crippen LogP contribution is -2.24. The zero-order chi connectivity index (χ0) is 14.5. The fourth-order valence-corrected chi connectivity index (χ4v) is 2.01. The Morgan fingerprint density at radius 3 is 2.90 bits per heavy atom. The van der Waals surface area contributed by atoms with Crippen molar-refractivity contribution in [2.45, 2.75) is 19.9 Å². The van der Waals surface area contributed by atoms with E-state index in [1.807, 2.05) is 35.8 Å². The van der Waals surface area contributed by atoms with Crippen molar-refractivity contribution in [1.29, 1.82) is 0 Å². The third-order valence-electron chi connectivity index (χ3n) is 3.05. The van der Waals surface area contributed by atoms with E-state index in [-0.39, 0.29) is 5.56 Å². The van der Waals surface area contributed by atoms with Gasteiger partial charge in [0.15, 0.2) is 0 Å². The lowest BCUT2D eigenvalue weighted by Gasteiger charge is -2.20. The molecule has 106 valence electrons. The van der Waals surface area contributed by atoms with Gasteiger partial charge in [0.1, 0.15) is 11.4 Å². The molecule has 0 atom stereocenters. The molecule has 0 bridgehead atoms. The number of nitrogens with zero attached hydrogens (tertiary/aromatic N) is 4. The Kier molecular flexibility index (Phi) is 4.34. The van der Waals surface area contributed by atoms with Gasteiger partial charge in [0.05, 0.1) is 0 Å². The first kappa shape index (κ1) is 14.0. The number of aromatic carboxylic acids is 1. The molecule has 0 aromatic carbocycles. The zero-order valence-corrected chi connectivity index (χ0v) is 11.7. The van der Waals surface area contributed by atoms with Gasteiger partial charge < -0.3 is 10.0 Å². The van der Waals surface area contributed by atoms with Crippen LogP contribution in [0.4, 0.5) is 5.82 Å². The predicted molar refractivity (Wildman–Crippen MR) is 76.0 cm³/mol. The van der Waals surface area contributed by atoms with E-state index < -0.39 is 5.97 Å². The van der Waals surface area contributed by atoms with Gasteiger partial charge in [-0.2, -0.15) is 5.10 Å². The standard InChI is InChI=1S/C14H18N4O2/c1-11-5-6-12(14(19)20)13(16-11)17(2)8-4-10-18-9-3-7-15-18/h3,5-7,9H,4,8,10H2,1-2H3,(H,19,20). The van der Waals surface area contributed by atoms with E-state index in [0.29, 0.717) is 5.82 Å². The summed E-state index contributed by atoms with van der Waals surface area (Å²) in [5, 5.41) is 13.3. The first-order chi connectivity index (χ1) is 9.58. The second kappa shape index (κ2) is 6.18. The summed E-state index contributed by atoms with van der Waals surface area (Å²) in [6.45, 7) is 3.37. The van der Waals surface area contributed by atoms with Crippen molar-refractivity contribution in [1.82, 2.24) is 14.8 Å². The molecule has 0 amide bonds. The highest BCUT2D eigenvalue weighted by molar-refractivity contribution is 5.93. The lowest BCUT2D eigenvalue weighted by molar-refractivity contribution is 0.0697. The number of aromatic nitrogens is 3. The largest absolute Gasteiger partial charge is 0.478 e. The average molecular weight is 274 g/mol. The van der Waals surface area contributed by atoms with E-state index in [9.17, 15) is 9.90 Å². The Hall–Kier alpha value is -2.37. The molecule has 0 unspecified atom stereocenters. The number of aryl methyl sites for hydroxylation is 2. The Morgan fingerprint density at radius 1 is 1.45 bits per heavy atom. The van der Waals surface area contributed by atoms with Crippen molar-refractivity contribution in [3.63, 3.8) is 0 Å². The van der Waals surface area contributed by atoms with E-state index in [1.54, 1.807) is 18.3 Å². The van der Waals surface area contributed by atoms with Crippen LogP contribution in [0.1, 0.15) is 22.5 Å². The number of rotatable bonds is 6. The summed E-state index contributed by atoms with van der Waals surface area (Å²) in [5.74, 6) is -0.440. The summed E-state index contributed by atoms with van der Waals surface area (Å²) < 4.78 is 1.86.